The van der Waals surface area contributed by atoms with Gasteiger partial charge in [0.2, 0.25) is 0 Å². The summed E-state index contributed by atoms with van der Waals surface area (Å²) in [4.78, 5) is 0. The minimum Gasteiger partial charge on any atom is -0.281 e. The van der Waals surface area contributed by atoms with Crippen molar-refractivity contribution in [3.63, 3.8) is 0 Å². The van der Waals surface area contributed by atoms with Crippen molar-refractivity contribution in [2.75, 3.05) is 0 Å². The first kappa shape index (κ1) is 9.24. The van der Waals surface area contributed by atoms with Crippen LogP contribution in [-0.4, -0.2) is 0 Å². The first-order valence-corrected chi connectivity index (χ1v) is 5.74. The number of hydrogen-bond acceptors (Lipinski definition) is 5. The van der Waals surface area contributed by atoms with Gasteiger partial charge in [0.05, 0.1) is 6.61 Å². The van der Waals surface area contributed by atoms with Crippen LogP contribution in [0.1, 0.15) is 5.56 Å². The molecule has 70 valence electrons. The molecule has 1 aromatic carbocycles. The van der Waals surface area contributed by atoms with Gasteiger partial charge in [-0.2, -0.15) is 7.94 Å². The molecule has 13 heavy (non-hydrogen) atoms. The van der Waals surface area contributed by atoms with Gasteiger partial charge in [-0.3, -0.25) is 4.52 Å². The SMILES string of the molecule is O=P1(OCc2ccccc2)OSO1. The molecule has 1 fully saturated rings. The summed E-state index contributed by atoms with van der Waals surface area (Å²) in [7, 11) is -3.20. The molecular formula is C7H7O4PS. The van der Waals surface area contributed by atoms with E-state index in [0.717, 1.165) is 5.56 Å². The van der Waals surface area contributed by atoms with E-state index in [0.29, 0.717) is 12.3 Å². The van der Waals surface area contributed by atoms with Gasteiger partial charge in [0, 0.05) is 0 Å². The number of hydrogen-bond donors (Lipinski definition) is 0. The van der Waals surface area contributed by atoms with Crippen LogP contribution < -0.4 is 0 Å². The maximum absolute atomic E-state index is 11.2. The van der Waals surface area contributed by atoms with Crippen molar-refractivity contribution in [3.8, 4) is 0 Å². The zero-order chi connectivity index (χ0) is 9.15. The molecule has 4 nitrogen and oxygen atoms in total. The molecule has 2 rings (SSSR count). The quantitative estimate of drug-likeness (QED) is 0.576. The standard InChI is InChI=1S/C7H7O4PS/c8-12(10-13-11-12)9-6-7-4-2-1-3-5-7/h1-5H,6H2. The molecule has 0 bridgehead atoms. The fraction of sp³-hybridized carbons (Fsp3) is 0.143. The lowest BCUT2D eigenvalue weighted by Crippen LogP contribution is -2.00. The Bertz CT molecular complexity index is 321. The summed E-state index contributed by atoms with van der Waals surface area (Å²) >= 11 is 0.691. The second kappa shape index (κ2) is 3.82. The van der Waals surface area contributed by atoms with Crippen LogP contribution >= 0.6 is 20.1 Å². The largest absolute Gasteiger partial charge is 0.501 e. The molecular weight excluding hydrogens is 211 g/mol. The highest BCUT2D eigenvalue weighted by Crippen LogP contribution is 2.65. The third kappa shape index (κ3) is 2.33. The molecule has 1 saturated heterocycles. The van der Waals surface area contributed by atoms with Crippen LogP contribution in [0.15, 0.2) is 30.3 Å². The summed E-state index contributed by atoms with van der Waals surface area (Å²) in [5, 5.41) is 0. The Morgan fingerprint density at radius 3 is 2.54 bits per heavy atom. The Labute approximate surface area is 80.2 Å². The topological polar surface area (TPSA) is 44.8 Å². The summed E-state index contributed by atoms with van der Waals surface area (Å²) in [5.41, 5.74) is 0.932. The normalized spacial score (nSPS) is 19.4. The van der Waals surface area contributed by atoms with Crippen LogP contribution in [0.5, 0.6) is 0 Å². The Balaban J connectivity index is 1.90. The first-order valence-electron chi connectivity index (χ1n) is 3.62. The van der Waals surface area contributed by atoms with E-state index in [9.17, 15) is 4.57 Å². The van der Waals surface area contributed by atoms with Crippen LogP contribution in [0.3, 0.4) is 0 Å². The third-order valence-corrected chi connectivity index (χ3v) is 3.87. The average molecular weight is 218 g/mol. The molecule has 1 aliphatic rings. The number of benzene rings is 1. The molecule has 0 spiro atoms. The van der Waals surface area contributed by atoms with E-state index in [1.165, 1.54) is 0 Å². The van der Waals surface area contributed by atoms with Gasteiger partial charge in [0.25, 0.3) is 0 Å². The van der Waals surface area contributed by atoms with Crippen molar-refractivity contribution in [2.45, 2.75) is 6.61 Å². The molecule has 0 aliphatic carbocycles. The van der Waals surface area contributed by atoms with Crippen molar-refractivity contribution >= 4 is 20.1 Å². The monoisotopic (exact) mass is 218 g/mol. The number of phosphoric acid groups is 1. The fourth-order valence-corrected chi connectivity index (χ4v) is 2.14. The molecule has 6 heteroatoms. The summed E-state index contributed by atoms with van der Waals surface area (Å²) in [6.45, 7) is 0.235. The van der Waals surface area contributed by atoms with Gasteiger partial charge in [0.15, 0.2) is 12.3 Å². The fourth-order valence-electron chi connectivity index (χ4n) is 0.851. The second-order valence-corrected chi connectivity index (χ2v) is 4.90. The Kier molecular flexibility index (Phi) is 2.71. The zero-order valence-electron chi connectivity index (χ0n) is 6.58. The Morgan fingerprint density at radius 1 is 1.31 bits per heavy atom. The highest BCUT2D eigenvalue weighted by molar-refractivity contribution is 8.02. The lowest BCUT2D eigenvalue weighted by Gasteiger charge is -2.21. The third-order valence-electron chi connectivity index (χ3n) is 1.48. The molecule has 1 aliphatic heterocycles. The molecule has 0 aromatic heterocycles. The van der Waals surface area contributed by atoms with Gasteiger partial charge in [-0.1, -0.05) is 30.3 Å². The van der Waals surface area contributed by atoms with Crippen molar-refractivity contribution < 1.29 is 17.0 Å². The van der Waals surface area contributed by atoms with Gasteiger partial charge in [-0.05, 0) is 5.56 Å². The van der Waals surface area contributed by atoms with Crippen LogP contribution in [0.25, 0.3) is 0 Å². The lowest BCUT2D eigenvalue weighted by molar-refractivity contribution is 0.186. The zero-order valence-corrected chi connectivity index (χ0v) is 8.29. The maximum Gasteiger partial charge on any atom is 0.501 e. The molecule has 0 N–H and O–H groups in total. The summed E-state index contributed by atoms with van der Waals surface area (Å²) in [6.07, 6.45) is 0. The van der Waals surface area contributed by atoms with Gasteiger partial charge in [-0.25, -0.2) is 4.57 Å². The van der Waals surface area contributed by atoms with Crippen molar-refractivity contribution in [1.29, 1.82) is 0 Å². The maximum atomic E-state index is 11.2. The molecule has 0 atom stereocenters. The van der Waals surface area contributed by atoms with Crippen LogP contribution in [0.4, 0.5) is 0 Å². The predicted octanol–water partition coefficient (Wildman–Crippen LogP) is 2.92. The lowest BCUT2D eigenvalue weighted by atomic mass is 10.2. The van der Waals surface area contributed by atoms with Crippen molar-refractivity contribution in [2.24, 2.45) is 0 Å². The average Bonchev–Trinajstić information content (AvgIpc) is 2.13. The summed E-state index contributed by atoms with van der Waals surface area (Å²) < 4.78 is 25.2. The van der Waals surface area contributed by atoms with E-state index in [4.69, 9.17) is 4.52 Å². The minimum atomic E-state index is -3.20. The van der Waals surface area contributed by atoms with Crippen LogP contribution in [0.2, 0.25) is 0 Å². The van der Waals surface area contributed by atoms with Crippen LogP contribution in [-0.2, 0) is 23.6 Å². The van der Waals surface area contributed by atoms with E-state index in [1.54, 1.807) is 0 Å². The number of rotatable bonds is 3. The van der Waals surface area contributed by atoms with Crippen molar-refractivity contribution in [3.05, 3.63) is 35.9 Å². The van der Waals surface area contributed by atoms with Crippen molar-refractivity contribution in [1.82, 2.24) is 0 Å². The smallest absolute Gasteiger partial charge is 0.281 e. The van der Waals surface area contributed by atoms with Crippen LogP contribution in [0, 0.1) is 0 Å². The summed E-state index contributed by atoms with van der Waals surface area (Å²) in [5.74, 6) is 0. The van der Waals surface area contributed by atoms with Gasteiger partial charge in [-0.15, -0.1) is 0 Å². The Hall–Kier alpha value is -0.320. The predicted molar refractivity (Wildman–Crippen MR) is 48.6 cm³/mol. The van der Waals surface area contributed by atoms with E-state index < -0.39 is 7.82 Å². The molecule has 0 amide bonds. The van der Waals surface area contributed by atoms with E-state index >= 15 is 0 Å². The second-order valence-electron chi connectivity index (χ2n) is 2.42. The van der Waals surface area contributed by atoms with E-state index in [2.05, 4.69) is 7.94 Å². The molecule has 1 heterocycles. The Morgan fingerprint density at radius 2 is 2.00 bits per heavy atom. The van der Waals surface area contributed by atoms with E-state index in [1.807, 2.05) is 30.3 Å². The van der Waals surface area contributed by atoms with Gasteiger partial charge >= 0.3 is 7.82 Å². The van der Waals surface area contributed by atoms with Gasteiger partial charge in [0.1, 0.15) is 0 Å². The summed E-state index contributed by atoms with van der Waals surface area (Å²) in [6, 6.07) is 9.41. The molecule has 0 saturated carbocycles. The van der Waals surface area contributed by atoms with E-state index in [-0.39, 0.29) is 6.61 Å². The highest BCUT2D eigenvalue weighted by Gasteiger charge is 2.38. The minimum absolute atomic E-state index is 0.235. The molecule has 0 unspecified atom stereocenters. The molecule has 0 radical (unpaired) electrons. The molecule has 1 aromatic rings. The first-order chi connectivity index (χ1) is 6.29. The van der Waals surface area contributed by atoms with Gasteiger partial charge < -0.3 is 0 Å². The highest BCUT2D eigenvalue weighted by atomic mass is 32.2.